The van der Waals surface area contributed by atoms with Crippen LogP contribution in [0.2, 0.25) is 0 Å². The SMILES string of the molecule is COc1cccc(C(=O)NCCNc2ncccc2C#N)c1OC. The Hall–Kier alpha value is -3.27. The first kappa shape index (κ1) is 17.1. The molecule has 2 N–H and O–H groups in total. The van der Waals surface area contributed by atoms with Crippen molar-refractivity contribution in [3.8, 4) is 17.6 Å². The van der Waals surface area contributed by atoms with Gasteiger partial charge in [0.05, 0.1) is 25.3 Å². The van der Waals surface area contributed by atoms with E-state index in [0.29, 0.717) is 41.5 Å². The largest absolute Gasteiger partial charge is 0.493 e. The normalized spacial score (nSPS) is 9.71. The number of ether oxygens (including phenoxy) is 2. The highest BCUT2D eigenvalue weighted by molar-refractivity contribution is 5.97. The molecule has 0 bridgehead atoms. The van der Waals surface area contributed by atoms with Crippen LogP contribution in [0.4, 0.5) is 5.82 Å². The Labute approximate surface area is 140 Å². The van der Waals surface area contributed by atoms with Gasteiger partial charge in [-0.15, -0.1) is 0 Å². The van der Waals surface area contributed by atoms with Gasteiger partial charge in [0, 0.05) is 19.3 Å². The number of pyridine rings is 1. The number of aromatic nitrogens is 1. The van der Waals surface area contributed by atoms with Crippen molar-refractivity contribution in [2.24, 2.45) is 0 Å². The van der Waals surface area contributed by atoms with Crippen LogP contribution in [-0.2, 0) is 0 Å². The third-order valence-corrected chi connectivity index (χ3v) is 3.28. The molecule has 2 aromatic rings. The van der Waals surface area contributed by atoms with Crippen LogP contribution in [0.25, 0.3) is 0 Å². The molecule has 0 unspecified atom stereocenters. The summed E-state index contributed by atoms with van der Waals surface area (Å²) in [4.78, 5) is 16.4. The number of hydrogen-bond acceptors (Lipinski definition) is 6. The van der Waals surface area contributed by atoms with Crippen LogP contribution in [0.3, 0.4) is 0 Å². The minimum atomic E-state index is -0.269. The maximum absolute atomic E-state index is 12.3. The van der Waals surface area contributed by atoms with Crippen molar-refractivity contribution in [2.45, 2.75) is 0 Å². The van der Waals surface area contributed by atoms with Crippen LogP contribution < -0.4 is 20.1 Å². The quantitative estimate of drug-likeness (QED) is 0.753. The van der Waals surface area contributed by atoms with Gasteiger partial charge in [-0.2, -0.15) is 5.26 Å². The highest BCUT2D eigenvalue weighted by Crippen LogP contribution is 2.30. The molecule has 0 radical (unpaired) electrons. The van der Waals surface area contributed by atoms with Crippen molar-refractivity contribution in [2.75, 3.05) is 32.6 Å². The predicted octanol–water partition coefficient (Wildman–Crippen LogP) is 1.81. The Bertz CT molecular complexity index is 756. The first-order chi connectivity index (χ1) is 11.7. The Morgan fingerprint density at radius 1 is 1.21 bits per heavy atom. The molecule has 24 heavy (non-hydrogen) atoms. The van der Waals surface area contributed by atoms with Crippen molar-refractivity contribution in [3.05, 3.63) is 47.7 Å². The molecular weight excluding hydrogens is 308 g/mol. The number of para-hydroxylation sites is 1. The molecular formula is C17H18N4O3. The van der Waals surface area contributed by atoms with Gasteiger partial charge in [0.2, 0.25) is 0 Å². The van der Waals surface area contributed by atoms with E-state index >= 15 is 0 Å². The average molecular weight is 326 g/mol. The van der Waals surface area contributed by atoms with Gasteiger partial charge in [0.25, 0.3) is 5.91 Å². The van der Waals surface area contributed by atoms with Crippen molar-refractivity contribution < 1.29 is 14.3 Å². The second kappa shape index (κ2) is 8.39. The maximum Gasteiger partial charge on any atom is 0.255 e. The number of anilines is 1. The second-order valence-electron chi connectivity index (χ2n) is 4.74. The third kappa shape index (κ3) is 3.93. The van der Waals surface area contributed by atoms with Crippen LogP contribution in [0.5, 0.6) is 11.5 Å². The number of carbonyl (C=O) groups is 1. The minimum Gasteiger partial charge on any atom is -0.493 e. The number of nitrogens with zero attached hydrogens (tertiary/aromatic N) is 2. The Balaban J connectivity index is 1.94. The van der Waals surface area contributed by atoms with Crippen LogP contribution in [0.1, 0.15) is 15.9 Å². The molecule has 1 heterocycles. The third-order valence-electron chi connectivity index (χ3n) is 3.28. The summed E-state index contributed by atoms with van der Waals surface area (Å²) in [5.41, 5.74) is 0.852. The monoisotopic (exact) mass is 326 g/mol. The number of hydrogen-bond donors (Lipinski definition) is 2. The summed E-state index contributed by atoms with van der Waals surface area (Å²) >= 11 is 0. The Kier molecular flexibility index (Phi) is 5.97. The topological polar surface area (TPSA) is 96.3 Å². The summed E-state index contributed by atoms with van der Waals surface area (Å²) in [5.74, 6) is 1.11. The molecule has 1 aromatic carbocycles. The molecule has 1 amide bonds. The summed E-state index contributed by atoms with van der Waals surface area (Å²) in [7, 11) is 3.00. The first-order valence-corrected chi connectivity index (χ1v) is 7.29. The van der Waals surface area contributed by atoms with E-state index in [-0.39, 0.29) is 5.91 Å². The fraction of sp³-hybridized carbons (Fsp3) is 0.235. The zero-order valence-electron chi connectivity index (χ0n) is 13.5. The fourth-order valence-corrected chi connectivity index (χ4v) is 2.15. The average Bonchev–Trinajstić information content (AvgIpc) is 2.64. The number of amides is 1. The lowest BCUT2D eigenvalue weighted by Gasteiger charge is -2.13. The molecule has 2 rings (SSSR count). The molecule has 0 saturated carbocycles. The highest BCUT2D eigenvalue weighted by Gasteiger charge is 2.15. The summed E-state index contributed by atoms with van der Waals surface area (Å²) in [5, 5.41) is 14.8. The molecule has 0 aliphatic carbocycles. The number of carbonyl (C=O) groups excluding carboxylic acids is 1. The fourth-order valence-electron chi connectivity index (χ4n) is 2.15. The van der Waals surface area contributed by atoms with E-state index in [1.807, 2.05) is 0 Å². The lowest BCUT2D eigenvalue weighted by atomic mass is 10.1. The summed E-state index contributed by atoms with van der Waals surface area (Å²) in [6, 6.07) is 10.5. The molecule has 0 atom stereocenters. The standard InChI is InChI=1S/C17H18N4O3/c1-23-14-7-3-6-13(15(14)24-2)17(22)21-10-9-20-16-12(11-18)5-4-8-19-16/h3-8H,9-10H2,1-2H3,(H,19,20)(H,21,22). The van der Waals surface area contributed by atoms with E-state index in [1.165, 1.54) is 14.2 Å². The number of nitriles is 1. The van der Waals surface area contributed by atoms with E-state index in [1.54, 1.807) is 36.5 Å². The molecule has 0 spiro atoms. The van der Waals surface area contributed by atoms with Crippen LogP contribution >= 0.6 is 0 Å². The van der Waals surface area contributed by atoms with Crippen LogP contribution in [0.15, 0.2) is 36.5 Å². The maximum atomic E-state index is 12.3. The van der Waals surface area contributed by atoms with Gasteiger partial charge in [0.1, 0.15) is 11.9 Å². The Morgan fingerprint density at radius 2 is 2.04 bits per heavy atom. The summed E-state index contributed by atoms with van der Waals surface area (Å²) < 4.78 is 10.4. The lowest BCUT2D eigenvalue weighted by Crippen LogP contribution is -2.29. The molecule has 7 nitrogen and oxygen atoms in total. The van der Waals surface area contributed by atoms with E-state index in [2.05, 4.69) is 21.7 Å². The molecule has 0 aliphatic rings. The van der Waals surface area contributed by atoms with Crippen molar-refractivity contribution in [1.29, 1.82) is 5.26 Å². The van der Waals surface area contributed by atoms with Gasteiger partial charge in [-0.3, -0.25) is 4.79 Å². The molecule has 0 aliphatic heterocycles. The van der Waals surface area contributed by atoms with Crippen LogP contribution in [0, 0.1) is 11.3 Å². The molecule has 7 heteroatoms. The van der Waals surface area contributed by atoms with Gasteiger partial charge < -0.3 is 20.1 Å². The first-order valence-electron chi connectivity index (χ1n) is 7.29. The van der Waals surface area contributed by atoms with Gasteiger partial charge in [-0.05, 0) is 24.3 Å². The number of nitrogens with one attached hydrogen (secondary N) is 2. The predicted molar refractivity (Wildman–Crippen MR) is 89.3 cm³/mol. The van der Waals surface area contributed by atoms with Crippen LogP contribution in [-0.4, -0.2) is 38.2 Å². The molecule has 124 valence electrons. The lowest BCUT2D eigenvalue weighted by molar-refractivity contribution is 0.0951. The van der Waals surface area contributed by atoms with Crippen molar-refractivity contribution in [3.63, 3.8) is 0 Å². The smallest absolute Gasteiger partial charge is 0.255 e. The van der Waals surface area contributed by atoms with Gasteiger partial charge in [-0.1, -0.05) is 6.07 Å². The molecule has 1 aromatic heterocycles. The van der Waals surface area contributed by atoms with E-state index in [0.717, 1.165) is 0 Å². The zero-order valence-corrected chi connectivity index (χ0v) is 13.5. The van der Waals surface area contributed by atoms with Gasteiger partial charge >= 0.3 is 0 Å². The number of rotatable bonds is 7. The zero-order chi connectivity index (χ0) is 17.4. The number of methoxy groups -OCH3 is 2. The summed E-state index contributed by atoms with van der Waals surface area (Å²) in [6.45, 7) is 0.796. The van der Waals surface area contributed by atoms with Gasteiger partial charge in [-0.25, -0.2) is 4.98 Å². The summed E-state index contributed by atoms with van der Waals surface area (Å²) in [6.07, 6.45) is 1.60. The molecule has 0 saturated heterocycles. The highest BCUT2D eigenvalue weighted by atomic mass is 16.5. The van der Waals surface area contributed by atoms with Crippen molar-refractivity contribution >= 4 is 11.7 Å². The van der Waals surface area contributed by atoms with E-state index in [9.17, 15) is 4.79 Å². The Morgan fingerprint density at radius 3 is 2.75 bits per heavy atom. The minimum absolute atomic E-state index is 0.269. The van der Waals surface area contributed by atoms with E-state index in [4.69, 9.17) is 14.7 Å². The van der Waals surface area contributed by atoms with Gasteiger partial charge in [0.15, 0.2) is 11.5 Å². The molecule has 0 fully saturated rings. The van der Waals surface area contributed by atoms with E-state index < -0.39 is 0 Å². The second-order valence-corrected chi connectivity index (χ2v) is 4.74. The van der Waals surface area contributed by atoms with Crippen molar-refractivity contribution in [1.82, 2.24) is 10.3 Å². The number of benzene rings is 1.